The van der Waals surface area contributed by atoms with Crippen molar-refractivity contribution in [2.24, 2.45) is 4.99 Å². The van der Waals surface area contributed by atoms with Crippen molar-refractivity contribution >= 4 is 34.7 Å². The monoisotopic (exact) mass is 582 g/mol. The zero-order valence-electron chi connectivity index (χ0n) is 22.6. The van der Waals surface area contributed by atoms with E-state index in [9.17, 15) is 9.59 Å². The number of thiophene rings is 1. The number of aromatic nitrogens is 3. The zero-order chi connectivity index (χ0) is 28.5. The molecule has 3 aromatic heterocycles. The van der Waals surface area contributed by atoms with Gasteiger partial charge in [-0.2, -0.15) is 5.10 Å². The Morgan fingerprint density at radius 2 is 1.85 bits per heavy atom. The first-order valence-corrected chi connectivity index (χ1v) is 14.7. The summed E-state index contributed by atoms with van der Waals surface area (Å²) < 4.78 is 14.6. The highest BCUT2D eigenvalue weighted by Gasteiger charge is 2.33. The predicted molar refractivity (Wildman–Crippen MR) is 160 cm³/mol. The van der Waals surface area contributed by atoms with Crippen LogP contribution < -0.4 is 19.6 Å². The number of nitrogens with zero attached hydrogens (tertiary/aromatic N) is 4. The van der Waals surface area contributed by atoms with Gasteiger partial charge in [0.15, 0.2) is 4.80 Å². The molecule has 0 fully saturated rings. The van der Waals surface area contributed by atoms with Crippen LogP contribution in [0.4, 0.5) is 0 Å². The van der Waals surface area contributed by atoms with Crippen LogP contribution in [0, 0.1) is 0 Å². The topological polar surface area (TPSA) is 87.7 Å². The second-order valence-corrected chi connectivity index (χ2v) is 11.2. The van der Waals surface area contributed by atoms with Crippen LogP contribution in [0.25, 0.3) is 23.0 Å². The molecule has 206 valence electrons. The van der Waals surface area contributed by atoms with Crippen LogP contribution in [-0.2, 0) is 9.53 Å². The maximum Gasteiger partial charge on any atom is 0.338 e. The van der Waals surface area contributed by atoms with Gasteiger partial charge in [-0.3, -0.25) is 9.36 Å². The van der Waals surface area contributed by atoms with Crippen molar-refractivity contribution in [1.29, 1.82) is 0 Å². The van der Waals surface area contributed by atoms with E-state index in [2.05, 4.69) is 4.99 Å². The van der Waals surface area contributed by atoms with E-state index < -0.39 is 12.0 Å². The van der Waals surface area contributed by atoms with Gasteiger partial charge >= 0.3 is 5.97 Å². The lowest BCUT2D eigenvalue weighted by Gasteiger charge is -2.22. The van der Waals surface area contributed by atoms with Crippen molar-refractivity contribution in [3.05, 3.63) is 120 Å². The van der Waals surface area contributed by atoms with Crippen molar-refractivity contribution in [2.75, 3.05) is 13.7 Å². The number of para-hydroxylation sites is 1. The molecule has 0 spiro atoms. The molecular formula is C31H26N4O4S2. The Hall–Kier alpha value is -4.54. The van der Waals surface area contributed by atoms with Crippen LogP contribution in [0.5, 0.6) is 5.75 Å². The van der Waals surface area contributed by atoms with Crippen LogP contribution in [0.3, 0.4) is 0 Å². The van der Waals surface area contributed by atoms with E-state index in [0.717, 1.165) is 33.1 Å². The van der Waals surface area contributed by atoms with Crippen molar-refractivity contribution < 1.29 is 14.3 Å². The molecule has 6 rings (SSSR count). The predicted octanol–water partition coefficient (Wildman–Crippen LogP) is 4.72. The number of ether oxygens (including phenoxy) is 2. The highest BCUT2D eigenvalue weighted by Crippen LogP contribution is 2.33. The molecule has 8 nitrogen and oxygen atoms in total. The van der Waals surface area contributed by atoms with Gasteiger partial charge in [-0.05, 0) is 67.8 Å². The lowest BCUT2D eigenvalue weighted by Crippen LogP contribution is -2.39. The number of carbonyl (C=O) groups is 1. The fourth-order valence-electron chi connectivity index (χ4n) is 4.86. The number of benzene rings is 2. The quantitative estimate of drug-likeness (QED) is 0.259. The molecule has 0 aliphatic carbocycles. The molecule has 0 N–H and O–H groups in total. The molecule has 0 saturated carbocycles. The number of allylic oxidation sites excluding steroid dienone is 1. The molecule has 2 aromatic carbocycles. The molecule has 5 aromatic rings. The molecule has 1 aliphatic heterocycles. The minimum absolute atomic E-state index is 0.230. The van der Waals surface area contributed by atoms with Gasteiger partial charge in [0.2, 0.25) is 0 Å². The van der Waals surface area contributed by atoms with Crippen LogP contribution in [-0.4, -0.2) is 34.0 Å². The normalized spacial score (nSPS) is 15.0. The Balaban J connectivity index is 1.54. The van der Waals surface area contributed by atoms with Gasteiger partial charge < -0.3 is 9.47 Å². The number of esters is 1. The summed E-state index contributed by atoms with van der Waals surface area (Å²) in [6.45, 7) is 4.30. The fourth-order valence-corrected chi connectivity index (χ4v) is 6.72. The molecule has 41 heavy (non-hydrogen) atoms. The van der Waals surface area contributed by atoms with Gasteiger partial charge in [0.25, 0.3) is 5.56 Å². The molecule has 0 amide bonds. The zero-order valence-corrected chi connectivity index (χ0v) is 24.2. The van der Waals surface area contributed by atoms with E-state index in [1.807, 2.05) is 96.0 Å². The van der Waals surface area contributed by atoms with Gasteiger partial charge in [-0.15, -0.1) is 11.3 Å². The number of rotatable bonds is 7. The van der Waals surface area contributed by atoms with Crippen LogP contribution in [0.15, 0.2) is 99.4 Å². The molecule has 1 unspecified atom stereocenters. The van der Waals surface area contributed by atoms with Crippen LogP contribution in [0.1, 0.15) is 30.3 Å². The van der Waals surface area contributed by atoms with E-state index in [4.69, 9.17) is 14.6 Å². The summed E-state index contributed by atoms with van der Waals surface area (Å²) in [4.78, 5) is 32.9. The lowest BCUT2D eigenvalue weighted by atomic mass is 10.0. The van der Waals surface area contributed by atoms with Crippen LogP contribution in [0.2, 0.25) is 0 Å². The van der Waals surface area contributed by atoms with Gasteiger partial charge in [0.05, 0.1) is 35.2 Å². The average molecular weight is 583 g/mol. The molecule has 1 atom stereocenters. The summed E-state index contributed by atoms with van der Waals surface area (Å²) >= 11 is 2.77. The third-order valence-corrected chi connectivity index (χ3v) is 8.64. The molecular weight excluding hydrogens is 556 g/mol. The van der Waals surface area contributed by atoms with E-state index >= 15 is 0 Å². The summed E-state index contributed by atoms with van der Waals surface area (Å²) in [5.74, 6) is 0.278. The number of carbonyl (C=O) groups excluding carboxylic acids is 1. The van der Waals surface area contributed by atoms with Gasteiger partial charge in [-0.1, -0.05) is 35.6 Å². The van der Waals surface area contributed by atoms with E-state index in [-0.39, 0.29) is 5.56 Å². The largest absolute Gasteiger partial charge is 0.494 e. The van der Waals surface area contributed by atoms with Crippen molar-refractivity contribution in [2.45, 2.75) is 19.9 Å². The average Bonchev–Trinajstić information content (AvgIpc) is 3.74. The maximum atomic E-state index is 14.0. The number of thiazole rings is 1. The van der Waals surface area contributed by atoms with Crippen molar-refractivity contribution in [3.8, 4) is 22.7 Å². The first-order valence-electron chi connectivity index (χ1n) is 13.0. The molecule has 0 bridgehead atoms. The van der Waals surface area contributed by atoms with Crippen molar-refractivity contribution in [3.63, 3.8) is 0 Å². The second-order valence-electron chi connectivity index (χ2n) is 9.26. The highest BCUT2D eigenvalue weighted by atomic mass is 32.1. The highest BCUT2D eigenvalue weighted by molar-refractivity contribution is 7.10. The summed E-state index contributed by atoms with van der Waals surface area (Å²) in [5, 5.41) is 6.82. The first kappa shape index (κ1) is 26.7. The van der Waals surface area contributed by atoms with Crippen molar-refractivity contribution in [1.82, 2.24) is 14.3 Å². The van der Waals surface area contributed by atoms with Gasteiger partial charge in [0.1, 0.15) is 17.5 Å². The maximum absolute atomic E-state index is 14.0. The first-order chi connectivity index (χ1) is 20.0. The lowest BCUT2D eigenvalue weighted by molar-refractivity contribution is -0.136. The molecule has 10 heteroatoms. The second kappa shape index (κ2) is 11.1. The third-order valence-electron chi connectivity index (χ3n) is 6.73. The summed E-state index contributed by atoms with van der Waals surface area (Å²) in [5.41, 5.74) is 3.96. The number of hydrogen-bond acceptors (Lipinski definition) is 8. The Bertz CT molecular complexity index is 1930. The minimum atomic E-state index is -0.613. The Labute approximate surface area is 243 Å². The standard InChI is InChI=1S/C31H26N4O4S2/c1-4-39-23-14-12-20(13-15-23)27-21(18-34(33-27)22-9-6-5-7-10-22)17-25-29(36)35-28(24-11-8-16-40-24)26(30(37)38-3)19(2)32-31(35)41-25/h5-18,28H,4H2,1-3H3/b25-17-. The molecule has 1 aliphatic rings. The number of fused-ring (bicyclic) bond motifs is 1. The molecule has 0 radical (unpaired) electrons. The Morgan fingerprint density at radius 3 is 2.54 bits per heavy atom. The minimum Gasteiger partial charge on any atom is -0.494 e. The van der Waals surface area contributed by atoms with Crippen LogP contribution >= 0.6 is 22.7 Å². The number of hydrogen-bond donors (Lipinski definition) is 0. The SMILES string of the molecule is CCOc1ccc(-c2nn(-c3ccccc3)cc2/C=c2\sc3n(c2=O)C(c2cccs2)C(C(=O)OC)=C(C)N=3)cc1. The Morgan fingerprint density at radius 1 is 1.07 bits per heavy atom. The van der Waals surface area contributed by atoms with E-state index in [0.29, 0.717) is 27.2 Å². The Kier molecular flexibility index (Phi) is 7.25. The smallest absolute Gasteiger partial charge is 0.338 e. The van der Waals surface area contributed by atoms with Gasteiger partial charge in [-0.25, -0.2) is 14.5 Å². The summed E-state index contributed by atoms with van der Waals surface area (Å²) in [7, 11) is 1.34. The van der Waals surface area contributed by atoms with E-state index in [1.54, 1.807) is 11.5 Å². The molecule has 4 heterocycles. The summed E-state index contributed by atoms with van der Waals surface area (Å²) in [6.07, 6.45) is 3.77. The molecule has 0 saturated heterocycles. The number of methoxy groups -OCH3 is 1. The fraction of sp³-hybridized carbons (Fsp3) is 0.161. The summed E-state index contributed by atoms with van der Waals surface area (Å²) in [6, 6.07) is 20.8. The van der Waals surface area contributed by atoms with E-state index in [1.165, 1.54) is 29.8 Å². The van der Waals surface area contributed by atoms with Gasteiger partial charge in [0, 0.05) is 22.2 Å². The third kappa shape index (κ3) is 4.96.